The van der Waals surface area contributed by atoms with Gasteiger partial charge in [-0.25, -0.2) is 4.79 Å². The molecule has 1 saturated carbocycles. The van der Waals surface area contributed by atoms with Gasteiger partial charge in [0, 0.05) is 27.1 Å². The van der Waals surface area contributed by atoms with E-state index in [4.69, 9.17) is 9.47 Å². The van der Waals surface area contributed by atoms with Crippen LogP contribution in [-0.2, 0) is 14.3 Å². The fraction of sp³-hybridized carbons (Fsp3) is 0.583. The maximum absolute atomic E-state index is 13.2. The smallest absolute Gasteiger partial charge is 0.411 e. The zero-order valence-corrected chi connectivity index (χ0v) is 19.1. The highest BCUT2D eigenvalue weighted by Crippen LogP contribution is 2.46. The van der Waals surface area contributed by atoms with Gasteiger partial charge in [0.15, 0.2) is 0 Å². The first kappa shape index (κ1) is 22.3. The second-order valence-electron chi connectivity index (χ2n) is 8.87. The van der Waals surface area contributed by atoms with E-state index in [1.165, 1.54) is 4.90 Å². The van der Waals surface area contributed by atoms with E-state index in [2.05, 4.69) is 24.4 Å². The van der Waals surface area contributed by atoms with Crippen molar-refractivity contribution in [1.82, 2.24) is 10.2 Å². The summed E-state index contributed by atoms with van der Waals surface area (Å²) in [4.78, 5) is 27.2. The Morgan fingerprint density at radius 3 is 2.50 bits per heavy atom. The summed E-state index contributed by atoms with van der Waals surface area (Å²) in [7, 11) is 3.29. The van der Waals surface area contributed by atoms with Crippen molar-refractivity contribution in [3.8, 4) is 0 Å². The minimum absolute atomic E-state index is 0.0458. The van der Waals surface area contributed by atoms with E-state index >= 15 is 0 Å². The Hall–Kier alpha value is -2.34. The third-order valence-electron chi connectivity index (χ3n) is 6.04. The van der Waals surface area contributed by atoms with E-state index in [-0.39, 0.29) is 12.0 Å². The topological polar surface area (TPSA) is 67.9 Å². The van der Waals surface area contributed by atoms with Gasteiger partial charge in [0.05, 0.1) is 11.7 Å². The number of hydrogen-bond donors (Lipinski definition) is 1. The number of amides is 2. The van der Waals surface area contributed by atoms with E-state index < -0.39 is 11.6 Å². The SMILES string of the molecule is CCCCOC1CCC2(C1)NC(=O)C(c1c(C)cc(C)cc1C)=C2OC(=O)N(C)C. The molecule has 3 rings (SSSR count). The number of nitrogens with zero attached hydrogens (tertiary/aromatic N) is 1. The highest BCUT2D eigenvalue weighted by atomic mass is 16.6. The minimum Gasteiger partial charge on any atom is -0.411 e. The number of benzene rings is 1. The molecule has 1 spiro atoms. The standard InChI is InChI=1S/C24H34N2O4/c1-7-8-11-29-18-9-10-24(14-18)21(30-23(28)26(5)6)20(22(27)25-24)19-16(3)12-15(2)13-17(19)4/h12-13,18H,7-11,14H2,1-6H3,(H,25,27). The van der Waals surface area contributed by atoms with Gasteiger partial charge in [-0.1, -0.05) is 31.0 Å². The van der Waals surface area contributed by atoms with E-state index in [1.807, 2.05) is 20.8 Å². The third kappa shape index (κ3) is 4.24. The molecule has 1 aromatic carbocycles. The van der Waals surface area contributed by atoms with Crippen LogP contribution in [0.5, 0.6) is 0 Å². The molecule has 2 amide bonds. The first-order valence-corrected chi connectivity index (χ1v) is 10.8. The summed E-state index contributed by atoms with van der Waals surface area (Å²) in [6.07, 6.45) is 3.80. The van der Waals surface area contributed by atoms with Gasteiger partial charge in [0.1, 0.15) is 11.3 Å². The number of ether oxygens (including phenoxy) is 2. The summed E-state index contributed by atoms with van der Waals surface area (Å²) in [5, 5.41) is 3.17. The van der Waals surface area contributed by atoms with Crippen LogP contribution in [0.25, 0.3) is 5.57 Å². The van der Waals surface area contributed by atoms with Crippen LogP contribution in [-0.4, -0.2) is 49.2 Å². The quantitative estimate of drug-likeness (QED) is 0.707. The van der Waals surface area contributed by atoms with E-state index in [0.29, 0.717) is 30.8 Å². The van der Waals surface area contributed by atoms with Gasteiger partial charge in [-0.05, 0) is 56.7 Å². The van der Waals surface area contributed by atoms with Crippen molar-refractivity contribution in [3.63, 3.8) is 0 Å². The van der Waals surface area contributed by atoms with Gasteiger partial charge in [0.2, 0.25) is 0 Å². The Balaban J connectivity index is 2.05. The normalized spacial score (nSPS) is 23.3. The van der Waals surface area contributed by atoms with Crippen molar-refractivity contribution in [3.05, 3.63) is 40.1 Å². The molecule has 1 heterocycles. The molecule has 6 heteroatoms. The molecule has 6 nitrogen and oxygen atoms in total. The Morgan fingerprint density at radius 1 is 1.23 bits per heavy atom. The number of aryl methyl sites for hydroxylation is 3. The first-order chi connectivity index (χ1) is 14.2. The summed E-state index contributed by atoms with van der Waals surface area (Å²) >= 11 is 0. The second kappa shape index (κ2) is 8.80. The summed E-state index contributed by atoms with van der Waals surface area (Å²) in [5.74, 6) is 0.267. The second-order valence-corrected chi connectivity index (χ2v) is 8.87. The number of carbonyl (C=O) groups is 2. The van der Waals surface area contributed by atoms with Crippen LogP contribution < -0.4 is 5.32 Å². The molecule has 30 heavy (non-hydrogen) atoms. The molecule has 164 valence electrons. The van der Waals surface area contributed by atoms with Crippen LogP contribution in [0, 0.1) is 20.8 Å². The Bertz CT molecular complexity index is 851. The summed E-state index contributed by atoms with van der Waals surface area (Å²) in [6, 6.07) is 4.12. The number of rotatable bonds is 6. The zero-order valence-electron chi connectivity index (χ0n) is 19.1. The Morgan fingerprint density at radius 2 is 1.90 bits per heavy atom. The monoisotopic (exact) mass is 414 g/mol. The fourth-order valence-corrected chi connectivity index (χ4v) is 4.66. The van der Waals surface area contributed by atoms with Gasteiger partial charge in [-0.3, -0.25) is 4.79 Å². The van der Waals surface area contributed by atoms with Crippen LogP contribution in [0.15, 0.2) is 17.9 Å². The molecule has 2 atom stereocenters. The van der Waals surface area contributed by atoms with Crippen molar-refractivity contribution in [2.75, 3.05) is 20.7 Å². The highest BCUT2D eigenvalue weighted by molar-refractivity contribution is 6.24. The van der Waals surface area contributed by atoms with Crippen molar-refractivity contribution in [2.45, 2.75) is 71.4 Å². The molecular weight excluding hydrogens is 380 g/mol. The van der Waals surface area contributed by atoms with Crippen LogP contribution in [0.3, 0.4) is 0 Å². The van der Waals surface area contributed by atoms with Gasteiger partial charge < -0.3 is 19.7 Å². The maximum Gasteiger partial charge on any atom is 0.414 e. The van der Waals surface area contributed by atoms with Crippen molar-refractivity contribution in [1.29, 1.82) is 0 Å². The largest absolute Gasteiger partial charge is 0.414 e. The minimum atomic E-state index is -0.696. The maximum atomic E-state index is 13.2. The molecule has 1 aliphatic heterocycles. The van der Waals surface area contributed by atoms with Crippen LogP contribution in [0.2, 0.25) is 0 Å². The number of unbranched alkanes of at least 4 members (excludes halogenated alkanes) is 1. The zero-order chi connectivity index (χ0) is 22.1. The molecule has 0 radical (unpaired) electrons. The lowest BCUT2D eigenvalue weighted by atomic mass is 9.89. The Kier molecular flexibility index (Phi) is 6.56. The molecule has 0 aromatic heterocycles. The predicted molar refractivity (Wildman–Crippen MR) is 117 cm³/mol. The number of nitrogens with one attached hydrogen (secondary N) is 1. The molecule has 0 bridgehead atoms. The average Bonchev–Trinajstić information content (AvgIpc) is 3.17. The lowest BCUT2D eigenvalue weighted by Gasteiger charge is -2.28. The molecule has 1 aliphatic carbocycles. The number of hydrogen-bond acceptors (Lipinski definition) is 4. The fourth-order valence-electron chi connectivity index (χ4n) is 4.66. The van der Waals surface area contributed by atoms with Gasteiger partial charge in [0.25, 0.3) is 5.91 Å². The van der Waals surface area contributed by atoms with Gasteiger partial charge in [-0.15, -0.1) is 0 Å². The number of carbonyl (C=O) groups excluding carboxylic acids is 2. The lowest BCUT2D eigenvalue weighted by Crippen LogP contribution is -2.44. The van der Waals surface area contributed by atoms with Gasteiger partial charge >= 0.3 is 6.09 Å². The van der Waals surface area contributed by atoms with Gasteiger partial charge in [-0.2, -0.15) is 0 Å². The summed E-state index contributed by atoms with van der Waals surface area (Å²) in [6.45, 7) is 8.88. The van der Waals surface area contributed by atoms with E-state index in [9.17, 15) is 9.59 Å². The first-order valence-electron chi connectivity index (χ1n) is 10.8. The molecular formula is C24H34N2O4. The average molecular weight is 415 g/mol. The molecule has 1 aromatic rings. The summed E-state index contributed by atoms with van der Waals surface area (Å²) < 4.78 is 11.9. The van der Waals surface area contributed by atoms with E-state index in [1.54, 1.807) is 14.1 Å². The molecule has 2 aliphatic rings. The van der Waals surface area contributed by atoms with Crippen LogP contribution >= 0.6 is 0 Å². The molecule has 0 saturated heterocycles. The lowest BCUT2D eigenvalue weighted by molar-refractivity contribution is -0.116. The molecule has 1 N–H and O–H groups in total. The predicted octanol–water partition coefficient (Wildman–Crippen LogP) is 4.26. The Labute approximate surface area is 179 Å². The van der Waals surface area contributed by atoms with Crippen molar-refractivity contribution in [2.24, 2.45) is 0 Å². The van der Waals surface area contributed by atoms with Crippen molar-refractivity contribution < 1.29 is 19.1 Å². The van der Waals surface area contributed by atoms with Crippen LogP contribution in [0.1, 0.15) is 61.3 Å². The molecule has 2 unspecified atom stereocenters. The highest BCUT2D eigenvalue weighted by Gasteiger charge is 2.53. The molecule has 1 fully saturated rings. The van der Waals surface area contributed by atoms with E-state index in [0.717, 1.165) is 41.5 Å². The van der Waals surface area contributed by atoms with Crippen LogP contribution in [0.4, 0.5) is 4.79 Å². The summed E-state index contributed by atoms with van der Waals surface area (Å²) in [5.41, 5.74) is 3.78. The van der Waals surface area contributed by atoms with Crippen molar-refractivity contribution >= 4 is 17.6 Å². The third-order valence-corrected chi connectivity index (χ3v) is 6.04.